The van der Waals surface area contributed by atoms with Crippen molar-refractivity contribution in [2.75, 3.05) is 0 Å². The van der Waals surface area contributed by atoms with E-state index in [2.05, 4.69) is 35.1 Å². The van der Waals surface area contributed by atoms with E-state index in [0.29, 0.717) is 5.84 Å². The van der Waals surface area contributed by atoms with Crippen LogP contribution in [0.25, 0.3) is 11.1 Å². The van der Waals surface area contributed by atoms with Crippen molar-refractivity contribution in [1.82, 2.24) is 4.98 Å². The van der Waals surface area contributed by atoms with Crippen molar-refractivity contribution >= 4 is 11.5 Å². The third-order valence-electron chi connectivity index (χ3n) is 3.84. The van der Waals surface area contributed by atoms with Crippen LogP contribution in [0.3, 0.4) is 0 Å². The largest absolute Gasteiger partial charge is 0.382 e. The van der Waals surface area contributed by atoms with Crippen LogP contribution in [0, 0.1) is 0 Å². The molecule has 0 saturated heterocycles. The average molecular weight is 278 g/mol. The van der Waals surface area contributed by atoms with Crippen LogP contribution in [0.5, 0.6) is 0 Å². The first-order valence-corrected chi connectivity index (χ1v) is 7.08. The monoisotopic (exact) mass is 278 g/mol. The number of benzene rings is 1. The summed E-state index contributed by atoms with van der Waals surface area (Å²) in [5.74, 6) is 0.531. The molecule has 0 spiro atoms. The highest BCUT2D eigenvalue weighted by molar-refractivity contribution is 6.41. The maximum Gasteiger partial charge on any atom is 0.178 e. The molecule has 0 fully saturated rings. The highest BCUT2D eigenvalue weighted by Gasteiger charge is 2.34. The lowest BCUT2D eigenvalue weighted by Gasteiger charge is -2.22. The van der Waals surface area contributed by atoms with Crippen molar-refractivity contribution in [1.29, 1.82) is 0 Å². The first-order chi connectivity index (χ1) is 10.1. The Balaban J connectivity index is 2.09. The van der Waals surface area contributed by atoms with Gasteiger partial charge in [-0.25, -0.2) is 4.99 Å². The zero-order valence-electron chi connectivity index (χ0n) is 12.2. The van der Waals surface area contributed by atoms with E-state index in [1.54, 1.807) is 6.20 Å². The lowest BCUT2D eigenvalue weighted by atomic mass is 9.94. The SMILES string of the molecule is CC[C@@]1(c2cccc(-c3cccnc3)c2)N=C(C)C(N)=N1. The molecule has 106 valence electrons. The van der Waals surface area contributed by atoms with Gasteiger partial charge in [0.1, 0.15) is 5.84 Å². The molecule has 2 heterocycles. The van der Waals surface area contributed by atoms with Gasteiger partial charge in [-0.15, -0.1) is 0 Å². The predicted molar refractivity (Wildman–Crippen MR) is 86.4 cm³/mol. The summed E-state index contributed by atoms with van der Waals surface area (Å²) >= 11 is 0. The molecule has 2 aromatic rings. The summed E-state index contributed by atoms with van der Waals surface area (Å²) in [5, 5.41) is 0. The van der Waals surface area contributed by atoms with Gasteiger partial charge in [-0.1, -0.05) is 31.2 Å². The van der Waals surface area contributed by atoms with Crippen LogP contribution < -0.4 is 5.73 Å². The van der Waals surface area contributed by atoms with E-state index >= 15 is 0 Å². The number of aliphatic imine (C=N–C) groups is 2. The fraction of sp³-hybridized carbons (Fsp3) is 0.235. The Kier molecular flexibility index (Phi) is 3.29. The lowest BCUT2D eigenvalue weighted by molar-refractivity contribution is 0.465. The Morgan fingerprint density at radius 2 is 1.90 bits per heavy atom. The minimum atomic E-state index is -0.577. The summed E-state index contributed by atoms with van der Waals surface area (Å²) in [6.45, 7) is 3.98. The van der Waals surface area contributed by atoms with Crippen molar-refractivity contribution in [2.24, 2.45) is 15.7 Å². The fourth-order valence-electron chi connectivity index (χ4n) is 2.61. The smallest absolute Gasteiger partial charge is 0.178 e. The highest BCUT2D eigenvalue weighted by Crippen LogP contribution is 2.36. The van der Waals surface area contributed by atoms with Crippen LogP contribution in [0.15, 0.2) is 58.8 Å². The number of amidine groups is 1. The molecule has 0 radical (unpaired) electrons. The Morgan fingerprint density at radius 3 is 2.52 bits per heavy atom. The molecule has 0 aliphatic carbocycles. The van der Waals surface area contributed by atoms with E-state index in [4.69, 9.17) is 10.7 Å². The van der Waals surface area contributed by atoms with Gasteiger partial charge in [0, 0.05) is 18.0 Å². The van der Waals surface area contributed by atoms with E-state index in [9.17, 15) is 0 Å². The predicted octanol–water partition coefficient (Wildman–Crippen LogP) is 3.14. The van der Waals surface area contributed by atoms with Gasteiger partial charge in [-0.3, -0.25) is 9.98 Å². The summed E-state index contributed by atoms with van der Waals surface area (Å²) in [5.41, 5.74) is 9.42. The Labute approximate surface area is 124 Å². The zero-order valence-corrected chi connectivity index (χ0v) is 12.2. The fourth-order valence-corrected chi connectivity index (χ4v) is 2.61. The number of pyridine rings is 1. The summed E-state index contributed by atoms with van der Waals surface area (Å²) < 4.78 is 0. The normalized spacial score (nSPS) is 21.0. The molecule has 1 aromatic heterocycles. The molecule has 1 aliphatic heterocycles. The topological polar surface area (TPSA) is 63.6 Å². The van der Waals surface area contributed by atoms with Gasteiger partial charge in [-0.2, -0.15) is 0 Å². The minimum absolute atomic E-state index is 0.531. The van der Waals surface area contributed by atoms with E-state index in [-0.39, 0.29) is 0 Å². The average Bonchev–Trinajstić information content (AvgIpc) is 2.84. The second-order valence-corrected chi connectivity index (χ2v) is 5.19. The lowest BCUT2D eigenvalue weighted by Crippen LogP contribution is -2.19. The highest BCUT2D eigenvalue weighted by atomic mass is 15.2. The van der Waals surface area contributed by atoms with Gasteiger partial charge < -0.3 is 5.73 Å². The molecule has 1 atom stereocenters. The maximum atomic E-state index is 5.93. The molecule has 1 aromatic carbocycles. The Morgan fingerprint density at radius 1 is 1.10 bits per heavy atom. The number of hydrogen-bond acceptors (Lipinski definition) is 4. The van der Waals surface area contributed by atoms with Gasteiger partial charge in [0.2, 0.25) is 0 Å². The first kappa shape index (κ1) is 13.5. The molecule has 3 rings (SSSR count). The second kappa shape index (κ2) is 5.13. The molecule has 4 heteroatoms. The molecule has 2 N–H and O–H groups in total. The summed E-state index contributed by atoms with van der Waals surface area (Å²) in [6, 6.07) is 12.3. The summed E-state index contributed by atoms with van der Waals surface area (Å²) in [4.78, 5) is 13.5. The maximum absolute atomic E-state index is 5.93. The molecule has 4 nitrogen and oxygen atoms in total. The third-order valence-corrected chi connectivity index (χ3v) is 3.84. The molecule has 0 amide bonds. The van der Waals surface area contributed by atoms with Crippen LogP contribution >= 0.6 is 0 Å². The van der Waals surface area contributed by atoms with Gasteiger partial charge >= 0.3 is 0 Å². The van der Waals surface area contributed by atoms with Crippen LogP contribution in [-0.4, -0.2) is 16.5 Å². The van der Waals surface area contributed by atoms with Gasteiger partial charge in [0.25, 0.3) is 0 Å². The van der Waals surface area contributed by atoms with Crippen molar-refractivity contribution in [2.45, 2.75) is 25.9 Å². The van der Waals surface area contributed by atoms with E-state index < -0.39 is 5.66 Å². The summed E-state index contributed by atoms with van der Waals surface area (Å²) in [6.07, 6.45) is 4.41. The van der Waals surface area contributed by atoms with E-state index in [1.807, 2.05) is 31.3 Å². The van der Waals surface area contributed by atoms with Crippen molar-refractivity contribution in [3.8, 4) is 11.1 Å². The molecule has 0 saturated carbocycles. The molecular formula is C17H18N4. The van der Waals surface area contributed by atoms with Crippen LogP contribution in [0.4, 0.5) is 0 Å². The quantitative estimate of drug-likeness (QED) is 0.937. The minimum Gasteiger partial charge on any atom is -0.382 e. The van der Waals surface area contributed by atoms with Gasteiger partial charge in [0.15, 0.2) is 5.66 Å². The van der Waals surface area contributed by atoms with Crippen LogP contribution in [0.1, 0.15) is 25.8 Å². The number of nitrogens with two attached hydrogens (primary N) is 1. The first-order valence-electron chi connectivity index (χ1n) is 7.08. The van der Waals surface area contributed by atoms with Crippen LogP contribution in [0.2, 0.25) is 0 Å². The Hall–Kier alpha value is -2.49. The number of hydrogen-bond donors (Lipinski definition) is 1. The van der Waals surface area contributed by atoms with Crippen molar-refractivity contribution in [3.05, 3.63) is 54.4 Å². The molecule has 0 bridgehead atoms. The second-order valence-electron chi connectivity index (χ2n) is 5.19. The summed E-state index contributed by atoms with van der Waals surface area (Å²) in [7, 11) is 0. The Bertz CT molecular complexity index is 699. The third kappa shape index (κ3) is 2.33. The number of rotatable bonds is 3. The van der Waals surface area contributed by atoms with Crippen molar-refractivity contribution < 1.29 is 0 Å². The molecule has 1 aliphatic rings. The van der Waals surface area contributed by atoms with Crippen LogP contribution in [-0.2, 0) is 5.66 Å². The molecule has 0 unspecified atom stereocenters. The van der Waals surface area contributed by atoms with Gasteiger partial charge in [0.05, 0.1) is 5.71 Å². The zero-order chi connectivity index (χ0) is 14.9. The van der Waals surface area contributed by atoms with E-state index in [0.717, 1.165) is 28.8 Å². The standard InChI is InChI=1S/C17H18N4/c1-3-17(20-12(2)16(18)21-17)15-8-4-6-13(10-15)14-7-5-9-19-11-14/h4-11H,3H2,1-2H3,(H2,18,21)/t17-/m1/s1. The molecular weight excluding hydrogens is 260 g/mol. The van der Waals surface area contributed by atoms with E-state index in [1.165, 1.54) is 0 Å². The number of aromatic nitrogens is 1. The molecule has 21 heavy (non-hydrogen) atoms. The number of nitrogens with zero attached hydrogens (tertiary/aromatic N) is 3. The van der Waals surface area contributed by atoms with Gasteiger partial charge in [-0.05, 0) is 36.6 Å². The van der Waals surface area contributed by atoms with Crippen molar-refractivity contribution in [3.63, 3.8) is 0 Å².